The molecule has 0 unspecified atom stereocenters. The van der Waals surface area contributed by atoms with Gasteiger partial charge in [-0.15, -0.1) is 0 Å². The maximum absolute atomic E-state index is 12.6. The Balaban J connectivity index is 2.20. The van der Waals surface area contributed by atoms with Crippen LogP contribution in [-0.2, 0) is 4.74 Å². The largest absolute Gasteiger partial charge is 0.507 e. The first-order valence-corrected chi connectivity index (χ1v) is 7.57. The third-order valence-corrected chi connectivity index (χ3v) is 4.74. The van der Waals surface area contributed by atoms with E-state index in [1.165, 1.54) is 12.1 Å². The van der Waals surface area contributed by atoms with Gasteiger partial charge in [-0.05, 0) is 24.6 Å². The fourth-order valence-corrected chi connectivity index (χ4v) is 3.06. The molecule has 0 radical (unpaired) electrons. The lowest BCUT2D eigenvalue weighted by Crippen LogP contribution is -2.60. The third-order valence-electron chi connectivity index (χ3n) is 4.50. The van der Waals surface area contributed by atoms with Gasteiger partial charge >= 0.3 is 0 Å². The molecule has 1 heterocycles. The highest BCUT2D eigenvalue weighted by Crippen LogP contribution is 2.39. The standard InChI is InChI=1S/C16H22ClNO4/c1-15(2)9-18(7-6-16(15,21)10-22-3)14(20)12-5-4-11(17)8-13(12)19/h4-5,8,19,21H,6-7,9-10H2,1-3H3/t16-/m1/s1. The van der Waals surface area contributed by atoms with Crippen molar-refractivity contribution in [1.29, 1.82) is 0 Å². The molecule has 1 amide bonds. The molecule has 2 rings (SSSR count). The first-order valence-electron chi connectivity index (χ1n) is 7.19. The van der Waals surface area contributed by atoms with Gasteiger partial charge < -0.3 is 19.8 Å². The summed E-state index contributed by atoms with van der Waals surface area (Å²) >= 11 is 5.79. The van der Waals surface area contributed by atoms with Crippen LogP contribution in [-0.4, -0.2) is 53.4 Å². The van der Waals surface area contributed by atoms with Crippen LogP contribution in [0.3, 0.4) is 0 Å². The zero-order chi connectivity index (χ0) is 16.5. The molecule has 1 fully saturated rings. The fraction of sp³-hybridized carbons (Fsp3) is 0.562. The number of carbonyl (C=O) groups excluding carboxylic acids is 1. The van der Waals surface area contributed by atoms with E-state index in [-0.39, 0.29) is 23.8 Å². The second kappa shape index (κ2) is 6.07. The Morgan fingerprint density at radius 1 is 1.45 bits per heavy atom. The van der Waals surface area contributed by atoms with Crippen molar-refractivity contribution in [1.82, 2.24) is 4.90 Å². The molecule has 22 heavy (non-hydrogen) atoms. The number of likely N-dealkylation sites (tertiary alicyclic amines) is 1. The average molecular weight is 328 g/mol. The zero-order valence-electron chi connectivity index (χ0n) is 13.1. The van der Waals surface area contributed by atoms with Crippen LogP contribution >= 0.6 is 11.6 Å². The van der Waals surface area contributed by atoms with Crippen LogP contribution in [0.2, 0.25) is 5.02 Å². The van der Waals surface area contributed by atoms with Crippen molar-refractivity contribution in [3.8, 4) is 5.75 Å². The van der Waals surface area contributed by atoms with Crippen LogP contribution in [0, 0.1) is 5.41 Å². The number of piperidine rings is 1. The predicted molar refractivity (Wildman–Crippen MR) is 84.2 cm³/mol. The van der Waals surface area contributed by atoms with E-state index in [0.717, 1.165) is 0 Å². The fourth-order valence-electron chi connectivity index (χ4n) is 2.90. The van der Waals surface area contributed by atoms with Crippen molar-refractivity contribution in [3.63, 3.8) is 0 Å². The maximum Gasteiger partial charge on any atom is 0.257 e. The van der Waals surface area contributed by atoms with Gasteiger partial charge in [-0.25, -0.2) is 0 Å². The van der Waals surface area contributed by atoms with Crippen LogP contribution in [0.4, 0.5) is 0 Å². The molecule has 0 spiro atoms. The van der Waals surface area contributed by atoms with Gasteiger partial charge in [-0.1, -0.05) is 25.4 Å². The third kappa shape index (κ3) is 3.07. The molecule has 1 saturated heterocycles. The summed E-state index contributed by atoms with van der Waals surface area (Å²) in [7, 11) is 1.55. The van der Waals surface area contributed by atoms with Gasteiger partial charge in [0.1, 0.15) is 5.75 Å². The summed E-state index contributed by atoms with van der Waals surface area (Å²) in [6, 6.07) is 4.44. The highest BCUT2D eigenvalue weighted by molar-refractivity contribution is 6.30. The summed E-state index contributed by atoms with van der Waals surface area (Å²) in [6.07, 6.45) is 0.425. The van der Waals surface area contributed by atoms with E-state index >= 15 is 0 Å². The van der Waals surface area contributed by atoms with Crippen LogP contribution in [0.15, 0.2) is 18.2 Å². The Kier molecular flexibility index (Phi) is 4.70. The average Bonchev–Trinajstić information content (AvgIpc) is 2.42. The predicted octanol–water partition coefficient (Wildman–Crippen LogP) is 2.30. The second-order valence-corrected chi connectivity index (χ2v) is 6.92. The van der Waals surface area contributed by atoms with Crippen LogP contribution in [0.5, 0.6) is 5.75 Å². The summed E-state index contributed by atoms with van der Waals surface area (Å²) in [6.45, 7) is 4.84. The minimum atomic E-state index is -0.972. The highest BCUT2D eigenvalue weighted by Gasteiger charge is 2.48. The van der Waals surface area contributed by atoms with Crippen molar-refractivity contribution in [3.05, 3.63) is 28.8 Å². The zero-order valence-corrected chi connectivity index (χ0v) is 13.9. The molecule has 1 aromatic carbocycles. The summed E-state index contributed by atoms with van der Waals surface area (Å²) < 4.78 is 5.12. The molecular formula is C16H22ClNO4. The number of amides is 1. The van der Waals surface area contributed by atoms with Crippen LogP contribution < -0.4 is 0 Å². The van der Waals surface area contributed by atoms with Crippen LogP contribution in [0.1, 0.15) is 30.6 Å². The van der Waals surface area contributed by atoms with Crippen molar-refractivity contribution in [2.24, 2.45) is 5.41 Å². The molecule has 1 aliphatic heterocycles. The van der Waals surface area contributed by atoms with Gasteiger partial charge in [0.25, 0.3) is 5.91 Å². The van der Waals surface area contributed by atoms with Gasteiger partial charge in [0.05, 0.1) is 17.8 Å². The summed E-state index contributed by atoms with van der Waals surface area (Å²) in [5, 5.41) is 21.0. The molecule has 0 bridgehead atoms. The van der Waals surface area contributed by atoms with Gasteiger partial charge in [0.15, 0.2) is 0 Å². The molecule has 0 aliphatic carbocycles. The molecule has 2 N–H and O–H groups in total. The minimum absolute atomic E-state index is 0.131. The van der Waals surface area contributed by atoms with E-state index in [1.807, 2.05) is 13.8 Å². The molecule has 6 heteroatoms. The highest BCUT2D eigenvalue weighted by atomic mass is 35.5. The van der Waals surface area contributed by atoms with Crippen molar-refractivity contribution in [2.75, 3.05) is 26.8 Å². The number of halogens is 1. The van der Waals surface area contributed by atoms with Gasteiger partial charge in [-0.3, -0.25) is 4.79 Å². The Labute approximate surface area is 135 Å². The lowest BCUT2D eigenvalue weighted by atomic mass is 9.70. The molecule has 122 valence electrons. The number of methoxy groups -OCH3 is 1. The summed E-state index contributed by atoms with van der Waals surface area (Å²) in [5.74, 6) is -0.394. The number of phenolic OH excluding ortho intramolecular Hbond substituents is 1. The molecule has 1 aliphatic rings. The van der Waals surface area contributed by atoms with E-state index in [1.54, 1.807) is 18.1 Å². The van der Waals surface area contributed by atoms with Gasteiger partial charge in [0, 0.05) is 30.6 Å². The van der Waals surface area contributed by atoms with E-state index in [0.29, 0.717) is 24.5 Å². The van der Waals surface area contributed by atoms with E-state index in [9.17, 15) is 15.0 Å². The van der Waals surface area contributed by atoms with E-state index < -0.39 is 11.0 Å². The number of hydrogen-bond donors (Lipinski definition) is 2. The summed E-state index contributed by atoms with van der Waals surface area (Å²) in [4.78, 5) is 14.2. The van der Waals surface area contributed by atoms with E-state index in [2.05, 4.69) is 0 Å². The molecule has 5 nitrogen and oxygen atoms in total. The van der Waals surface area contributed by atoms with E-state index in [4.69, 9.17) is 16.3 Å². The monoisotopic (exact) mass is 327 g/mol. The Bertz CT molecular complexity index is 575. The van der Waals surface area contributed by atoms with Crippen molar-refractivity contribution >= 4 is 17.5 Å². The number of hydrogen-bond acceptors (Lipinski definition) is 4. The molecule has 1 aromatic rings. The Morgan fingerprint density at radius 2 is 2.14 bits per heavy atom. The number of aliphatic hydroxyl groups is 1. The number of ether oxygens (including phenoxy) is 1. The van der Waals surface area contributed by atoms with Gasteiger partial charge in [-0.2, -0.15) is 0 Å². The molecule has 1 atom stereocenters. The Morgan fingerprint density at radius 3 is 2.68 bits per heavy atom. The number of nitrogens with zero attached hydrogens (tertiary/aromatic N) is 1. The maximum atomic E-state index is 12.6. The lowest BCUT2D eigenvalue weighted by Gasteiger charge is -2.49. The number of benzene rings is 1. The van der Waals surface area contributed by atoms with Crippen molar-refractivity contribution in [2.45, 2.75) is 25.9 Å². The van der Waals surface area contributed by atoms with Crippen molar-refractivity contribution < 1.29 is 19.7 Å². The van der Waals surface area contributed by atoms with Crippen LogP contribution in [0.25, 0.3) is 0 Å². The SMILES string of the molecule is COC[C@]1(O)CCN(C(=O)c2ccc(Cl)cc2O)CC1(C)C. The lowest BCUT2D eigenvalue weighted by molar-refractivity contribution is -0.144. The Hall–Kier alpha value is -1.30. The quantitative estimate of drug-likeness (QED) is 0.893. The summed E-state index contributed by atoms with van der Waals surface area (Å²) in [5.41, 5.74) is -1.27. The number of phenols is 1. The normalized spacial score (nSPS) is 24.3. The number of carbonyl (C=O) groups is 1. The minimum Gasteiger partial charge on any atom is -0.507 e. The molecule has 0 aromatic heterocycles. The first kappa shape index (κ1) is 17.1. The first-order chi connectivity index (χ1) is 10.2. The molecule has 0 saturated carbocycles. The topological polar surface area (TPSA) is 70.0 Å². The number of rotatable bonds is 3. The van der Waals surface area contributed by atoms with Gasteiger partial charge in [0.2, 0.25) is 0 Å². The smallest absolute Gasteiger partial charge is 0.257 e. The second-order valence-electron chi connectivity index (χ2n) is 6.49. The molecular weight excluding hydrogens is 306 g/mol. The number of aromatic hydroxyl groups is 1.